The molecule has 8 heteroatoms. The largest absolute Gasteiger partial charge is 0.334 e. The summed E-state index contributed by atoms with van der Waals surface area (Å²) < 4.78 is 5.20. The minimum absolute atomic E-state index is 0.124. The number of amides is 1. The fourth-order valence-corrected chi connectivity index (χ4v) is 2.94. The van der Waals surface area contributed by atoms with Gasteiger partial charge < -0.3 is 4.90 Å². The molecule has 0 spiro atoms. The van der Waals surface area contributed by atoms with E-state index in [0.717, 1.165) is 26.9 Å². The van der Waals surface area contributed by atoms with Gasteiger partial charge >= 0.3 is 0 Å². The second kappa shape index (κ2) is 6.31. The van der Waals surface area contributed by atoms with Crippen molar-refractivity contribution in [3.63, 3.8) is 0 Å². The van der Waals surface area contributed by atoms with E-state index in [2.05, 4.69) is 42.1 Å². The van der Waals surface area contributed by atoms with E-state index >= 15 is 0 Å². The molecule has 0 bridgehead atoms. The molecule has 114 valence electrons. The van der Waals surface area contributed by atoms with E-state index in [-0.39, 0.29) is 5.91 Å². The van der Waals surface area contributed by atoms with Gasteiger partial charge in [0.25, 0.3) is 5.91 Å². The lowest BCUT2D eigenvalue weighted by Crippen LogP contribution is -2.28. The van der Waals surface area contributed by atoms with Crippen molar-refractivity contribution in [3.05, 3.63) is 32.2 Å². The molecule has 6 nitrogen and oxygen atoms in total. The first kappa shape index (κ1) is 16.2. The molecule has 0 fully saturated rings. The normalized spacial score (nSPS) is 11.0. The summed E-state index contributed by atoms with van der Waals surface area (Å²) in [6.07, 6.45) is 1.75. The van der Waals surface area contributed by atoms with E-state index in [1.54, 1.807) is 22.8 Å². The highest BCUT2D eigenvalue weighted by atomic mass is 79.9. The van der Waals surface area contributed by atoms with Crippen molar-refractivity contribution >= 4 is 37.8 Å². The number of nitrogens with zero attached hydrogens (tertiary/aromatic N) is 5. The van der Waals surface area contributed by atoms with Crippen LogP contribution in [-0.4, -0.2) is 37.4 Å². The SMILES string of the molecule is CCn1ncc(Br)c1CN(C)C(=O)c1nn(C)c(C)c1Br. The molecule has 0 atom stereocenters. The van der Waals surface area contributed by atoms with Crippen LogP contribution in [0.5, 0.6) is 0 Å². The third-order valence-corrected chi connectivity index (χ3v) is 5.01. The van der Waals surface area contributed by atoms with Crippen molar-refractivity contribution < 1.29 is 4.79 Å². The van der Waals surface area contributed by atoms with Crippen LogP contribution in [0.1, 0.15) is 28.8 Å². The van der Waals surface area contributed by atoms with E-state index in [9.17, 15) is 4.79 Å². The smallest absolute Gasteiger partial charge is 0.275 e. The van der Waals surface area contributed by atoms with Crippen molar-refractivity contribution in [3.8, 4) is 0 Å². The zero-order chi connectivity index (χ0) is 15.7. The van der Waals surface area contributed by atoms with Gasteiger partial charge in [-0.15, -0.1) is 0 Å². The zero-order valence-corrected chi connectivity index (χ0v) is 15.6. The fourth-order valence-electron chi connectivity index (χ4n) is 2.01. The first-order valence-corrected chi connectivity index (χ1v) is 8.10. The summed E-state index contributed by atoms with van der Waals surface area (Å²) in [5.74, 6) is -0.124. The standard InChI is InChI=1S/C13H17Br2N5O/c1-5-20-10(9(14)6-16-20)7-18(3)13(21)12-11(15)8(2)19(4)17-12/h6H,5,7H2,1-4H3. The molecule has 0 unspecified atom stereocenters. The van der Waals surface area contributed by atoms with E-state index < -0.39 is 0 Å². The van der Waals surface area contributed by atoms with Gasteiger partial charge in [0.15, 0.2) is 5.69 Å². The van der Waals surface area contributed by atoms with Gasteiger partial charge in [-0.3, -0.25) is 14.2 Å². The summed E-state index contributed by atoms with van der Waals surface area (Å²) in [4.78, 5) is 14.2. The Bertz CT molecular complexity index is 676. The van der Waals surface area contributed by atoms with Crippen LogP contribution < -0.4 is 0 Å². The van der Waals surface area contributed by atoms with Gasteiger partial charge in [-0.05, 0) is 45.7 Å². The zero-order valence-electron chi connectivity index (χ0n) is 12.4. The van der Waals surface area contributed by atoms with Crippen LogP contribution in [0.15, 0.2) is 15.1 Å². The summed E-state index contributed by atoms with van der Waals surface area (Å²) in [6.45, 7) is 5.16. The predicted molar refractivity (Wildman–Crippen MR) is 87.0 cm³/mol. The molecular weight excluding hydrogens is 402 g/mol. The van der Waals surface area contributed by atoms with E-state index in [4.69, 9.17) is 0 Å². The lowest BCUT2D eigenvalue weighted by Gasteiger charge is -2.17. The highest BCUT2D eigenvalue weighted by molar-refractivity contribution is 9.10. The first-order valence-electron chi connectivity index (χ1n) is 6.51. The maximum absolute atomic E-state index is 12.5. The Hall–Kier alpha value is -1.15. The average molecular weight is 419 g/mol. The summed E-state index contributed by atoms with van der Waals surface area (Å²) >= 11 is 6.90. The quantitative estimate of drug-likeness (QED) is 0.766. The minimum atomic E-state index is -0.124. The summed E-state index contributed by atoms with van der Waals surface area (Å²) in [5, 5.41) is 8.53. The average Bonchev–Trinajstić information content (AvgIpc) is 2.93. The molecule has 0 aliphatic carbocycles. The van der Waals surface area contributed by atoms with Crippen LogP contribution in [0.4, 0.5) is 0 Å². The molecular formula is C13H17Br2N5O. The van der Waals surface area contributed by atoms with Crippen LogP contribution in [0, 0.1) is 6.92 Å². The van der Waals surface area contributed by atoms with Crippen molar-refractivity contribution in [1.29, 1.82) is 0 Å². The molecule has 21 heavy (non-hydrogen) atoms. The Morgan fingerprint density at radius 3 is 2.62 bits per heavy atom. The minimum Gasteiger partial charge on any atom is -0.334 e. The summed E-state index contributed by atoms with van der Waals surface area (Å²) in [7, 11) is 3.58. The van der Waals surface area contributed by atoms with Crippen LogP contribution >= 0.6 is 31.9 Å². The summed E-state index contributed by atoms with van der Waals surface area (Å²) in [5.41, 5.74) is 2.32. The molecule has 0 aromatic carbocycles. The number of halogens is 2. The lowest BCUT2D eigenvalue weighted by atomic mass is 10.3. The molecule has 0 saturated carbocycles. The molecule has 2 aromatic rings. The maximum atomic E-state index is 12.5. The molecule has 0 aliphatic rings. The lowest BCUT2D eigenvalue weighted by molar-refractivity contribution is 0.0773. The number of carbonyl (C=O) groups is 1. The molecule has 2 rings (SSSR count). The Morgan fingerprint density at radius 2 is 2.10 bits per heavy atom. The van der Waals surface area contributed by atoms with Gasteiger partial charge in [-0.2, -0.15) is 10.2 Å². The van der Waals surface area contributed by atoms with Crippen molar-refractivity contribution in [2.24, 2.45) is 7.05 Å². The maximum Gasteiger partial charge on any atom is 0.275 e. The van der Waals surface area contributed by atoms with Gasteiger partial charge in [0, 0.05) is 20.6 Å². The van der Waals surface area contributed by atoms with Crippen LogP contribution in [0.2, 0.25) is 0 Å². The van der Waals surface area contributed by atoms with Gasteiger partial charge in [0.05, 0.1) is 33.1 Å². The number of hydrogen-bond donors (Lipinski definition) is 0. The Kier molecular flexibility index (Phi) is 4.88. The monoisotopic (exact) mass is 417 g/mol. The highest BCUT2D eigenvalue weighted by Gasteiger charge is 2.22. The Balaban J connectivity index is 2.23. The molecule has 0 aliphatic heterocycles. The van der Waals surface area contributed by atoms with Gasteiger partial charge in [0.1, 0.15) is 0 Å². The molecule has 2 aromatic heterocycles. The second-order valence-corrected chi connectivity index (χ2v) is 6.44. The number of aryl methyl sites for hydroxylation is 2. The molecule has 2 heterocycles. The third kappa shape index (κ3) is 3.06. The van der Waals surface area contributed by atoms with Gasteiger partial charge in [-0.1, -0.05) is 0 Å². The van der Waals surface area contributed by atoms with Crippen LogP contribution in [0.3, 0.4) is 0 Å². The highest BCUT2D eigenvalue weighted by Crippen LogP contribution is 2.23. The van der Waals surface area contributed by atoms with E-state index in [1.165, 1.54) is 0 Å². The Morgan fingerprint density at radius 1 is 1.43 bits per heavy atom. The van der Waals surface area contributed by atoms with Crippen molar-refractivity contribution in [2.45, 2.75) is 26.9 Å². The third-order valence-electron chi connectivity index (χ3n) is 3.39. The molecule has 0 N–H and O–H groups in total. The molecule has 1 amide bonds. The summed E-state index contributed by atoms with van der Waals surface area (Å²) in [6, 6.07) is 0. The van der Waals surface area contributed by atoms with E-state index in [0.29, 0.717) is 12.2 Å². The number of carbonyl (C=O) groups excluding carboxylic acids is 1. The van der Waals surface area contributed by atoms with Crippen molar-refractivity contribution in [1.82, 2.24) is 24.5 Å². The molecule has 0 saturated heterocycles. The van der Waals surface area contributed by atoms with Crippen molar-refractivity contribution in [2.75, 3.05) is 7.05 Å². The number of aromatic nitrogens is 4. The first-order chi connectivity index (χ1) is 9.86. The van der Waals surface area contributed by atoms with Gasteiger partial charge in [0.2, 0.25) is 0 Å². The predicted octanol–water partition coefficient (Wildman–Crippen LogP) is 2.74. The fraction of sp³-hybridized carbons (Fsp3) is 0.462. The topological polar surface area (TPSA) is 56.0 Å². The number of rotatable bonds is 4. The van der Waals surface area contributed by atoms with Gasteiger partial charge in [-0.25, -0.2) is 0 Å². The second-order valence-electron chi connectivity index (χ2n) is 4.79. The molecule has 0 radical (unpaired) electrons. The Labute approximate surface area is 140 Å². The van der Waals surface area contributed by atoms with Crippen LogP contribution in [-0.2, 0) is 20.1 Å². The van der Waals surface area contributed by atoms with Crippen LogP contribution in [0.25, 0.3) is 0 Å². The number of hydrogen-bond acceptors (Lipinski definition) is 3. The van der Waals surface area contributed by atoms with E-state index in [1.807, 2.05) is 25.6 Å².